The zero-order valence-corrected chi connectivity index (χ0v) is 18.6. The Morgan fingerprint density at radius 1 is 1.25 bits per heavy atom. The van der Waals surface area contributed by atoms with Crippen molar-refractivity contribution < 1.29 is 23.7 Å². The highest BCUT2D eigenvalue weighted by Crippen LogP contribution is 2.35. The molecule has 3 aromatic rings. The number of aromatic nitrogens is 2. The second-order valence-electron chi connectivity index (χ2n) is 7.64. The van der Waals surface area contributed by atoms with Crippen LogP contribution >= 0.6 is 0 Å². The van der Waals surface area contributed by atoms with Crippen molar-refractivity contribution in [3.05, 3.63) is 35.5 Å². The second-order valence-corrected chi connectivity index (χ2v) is 7.64. The molecule has 0 bridgehead atoms. The van der Waals surface area contributed by atoms with Gasteiger partial charge in [0.2, 0.25) is 5.88 Å². The molecule has 32 heavy (non-hydrogen) atoms. The number of H-pyrrole nitrogens is 1. The number of methoxy groups -OCH3 is 1. The molecule has 9 heteroatoms. The summed E-state index contributed by atoms with van der Waals surface area (Å²) in [6, 6.07) is 6.19. The minimum absolute atomic E-state index is 0.203. The van der Waals surface area contributed by atoms with Crippen LogP contribution in [-0.2, 0) is 27.4 Å². The number of hydrogen-bond donors (Lipinski definition) is 2. The first-order valence-corrected chi connectivity index (χ1v) is 11.0. The van der Waals surface area contributed by atoms with Gasteiger partial charge in [0.25, 0.3) is 0 Å². The van der Waals surface area contributed by atoms with Crippen molar-refractivity contribution in [1.29, 1.82) is 0 Å². The summed E-state index contributed by atoms with van der Waals surface area (Å²) in [4.78, 5) is 22.1. The zero-order chi connectivity index (χ0) is 22.3. The number of ether oxygens (including phenoxy) is 4. The van der Waals surface area contributed by atoms with Crippen LogP contribution in [0.3, 0.4) is 0 Å². The summed E-state index contributed by atoms with van der Waals surface area (Å²) in [6.07, 6.45) is 0.903. The van der Waals surface area contributed by atoms with Crippen LogP contribution in [0.1, 0.15) is 18.1 Å². The predicted octanol–water partition coefficient (Wildman–Crippen LogP) is 2.82. The van der Waals surface area contributed by atoms with E-state index in [-0.39, 0.29) is 19.1 Å². The van der Waals surface area contributed by atoms with E-state index in [2.05, 4.69) is 26.3 Å². The summed E-state index contributed by atoms with van der Waals surface area (Å²) in [7, 11) is 1.61. The normalized spacial score (nSPS) is 14.8. The van der Waals surface area contributed by atoms with Crippen molar-refractivity contribution in [2.75, 3.05) is 53.1 Å². The number of carbonyl (C=O) groups is 1. The number of carbonyl (C=O) groups excluding carboxylic acids is 1. The van der Waals surface area contributed by atoms with Gasteiger partial charge >= 0.3 is 6.16 Å². The van der Waals surface area contributed by atoms with Crippen LogP contribution in [-0.4, -0.2) is 74.1 Å². The van der Waals surface area contributed by atoms with Gasteiger partial charge in [-0.25, -0.2) is 9.78 Å². The molecule has 9 nitrogen and oxygen atoms in total. The van der Waals surface area contributed by atoms with E-state index in [0.29, 0.717) is 5.56 Å². The molecule has 0 saturated carbocycles. The molecule has 0 aliphatic carbocycles. The summed E-state index contributed by atoms with van der Waals surface area (Å²) >= 11 is 0. The molecule has 2 N–H and O–H groups in total. The molecule has 3 heterocycles. The van der Waals surface area contributed by atoms with Crippen molar-refractivity contribution in [3.63, 3.8) is 0 Å². The molecular formula is C23H30N4O5. The standard InChI is InChI=1S/C23H30N4O5/c1-3-31-23(28)32-22-17(15-29-2)21-19(14-25-22)26-18-6-4-5-16(20(18)21)13-24-7-8-27-9-11-30-12-10-27/h4-6,14,24,26H,3,7-13,15H2,1-2H3. The van der Waals surface area contributed by atoms with Crippen LogP contribution in [0.5, 0.6) is 5.88 Å². The van der Waals surface area contributed by atoms with Crippen LogP contribution in [0.4, 0.5) is 4.79 Å². The maximum atomic E-state index is 11.9. The van der Waals surface area contributed by atoms with E-state index in [4.69, 9.17) is 18.9 Å². The van der Waals surface area contributed by atoms with Gasteiger partial charge in [-0.1, -0.05) is 12.1 Å². The van der Waals surface area contributed by atoms with Gasteiger partial charge in [0, 0.05) is 56.1 Å². The summed E-state index contributed by atoms with van der Waals surface area (Å²) in [5.74, 6) is 0.203. The van der Waals surface area contributed by atoms with E-state index < -0.39 is 6.16 Å². The topological polar surface area (TPSA) is 97.9 Å². The lowest BCUT2D eigenvalue weighted by Gasteiger charge is -2.26. The fraction of sp³-hybridized carbons (Fsp3) is 0.478. The maximum absolute atomic E-state index is 11.9. The van der Waals surface area contributed by atoms with Gasteiger partial charge < -0.3 is 29.2 Å². The van der Waals surface area contributed by atoms with Gasteiger partial charge in [-0.3, -0.25) is 4.90 Å². The summed E-state index contributed by atoms with van der Waals surface area (Å²) < 4.78 is 21.1. The molecule has 0 atom stereocenters. The maximum Gasteiger partial charge on any atom is 0.515 e. The fourth-order valence-corrected chi connectivity index (χ4v) is 4.08. The van der Waals surface area contributed by atoms with Gasteiger partial charge in [0.15, 0.2) is 0 Å². The Kier molecular flexibility index (Phi) is 7.54. The van der Waals surface area contributed by atoms with E-state index >= 15 is 0 Å². The highest BCUT2D eigenvalue weighted by atomic mass is 16.7. The van der Waals surface area contributed by atoms with Gasteiger partial charge in [-0.2, -0.15) is 0 Å². The molecule has 4 rings (SSSR count). The number of rotatable bonds is 9. The lowest BCUT2D eigenvalue weighted by atomic mass is 10.0. The molecule has 1 fully saturated rings. The SMILES string of the molecule is CCOC(=O)Oc1ncc2[nH]c3cccc(CNCCN4CCOCC4)c3c2c1COC. The van der Waals surface area contributed by atoms with E-state index in [9.17, 15) is 4.79 Å². The van der Waals surface area contributed by atoms with Crippen molar-refractivity contribution in [2.45, 2.75) is 20.1 Å². The Balaban J connectivity index is 1.61. The van der Waals surface area contributed by atoms with Crippen molar-refractivity contribution in [1.82, 2.24) is 20.2 Å². The number of morpholine rings is 1. The molecule has 0 unspecified atom stereocenters. The Labute approximate surface area is 187 Å². The summed E-state index contributed by atoms with van der Waals surface area (Å²) in [5, 5.41) is 5.58. The number of nitrogens with one attached hydrogen (secondary N) is 2. The Morgan fingerprint density at radius 2 is 2.09 bits per heavy atom. The molecule has 1 aliphatic rings. The third kappa shape index (κ3) is 5.02. The fourth-order valence-electron chi connectivity index (χ4n) is 4.08. The highest BCUT2D eigenvalue weighted by Gasteiger charge is 2.20. The number of aromatic amines is 1. The summed E-state index contributed by atoms with van der Waals surface area (Å²) in [6.45, 7) is 8.39. The average Bonchev–Trinajstić information content (AvgIpc) is 3.19. The van der Waals surface area contributed by atoms with Crippen molar-refractivity contribution >= 4 is 28.0 Å². The number of fused-ring (bicyclic) bond motifs is 3. The molecule has 0 spiro atoms. The van der Waals surface area contributed by atoms with Crippen LogP contribution in [0.25, 0.3) is 21.8 Å². The minimum atomic E-state index is -0.776. The Hall–Kier alpha value is -2.72. The predicted molar refractivity (Wildman–Crippen MR) is 121 cm³/mol. The molecule has 0 amide bonds. The largest absolute Gasteiger partial charge is 0.515 e. The highest BCUT2D eigenvalue weighted by molar-refractivity contribution is 6.11. The minimum Gasteiger partial charge on any atom is -0.434 e. The lowest BCUT2D eigenvalue weighted by molar-refractivity contribution is 0.0384. The van der Waals surface area contributed by atoms with Gasteiger partial charge in [-0.05, 0) is 18.6 Å². The number of hydrogen-bond acceptors (Lipinski definition) is 8. The monoisotopic (exact) mass is 442 g/mol. The first-order chi connectivity index (χ1) is 15.7. The van der Waals surface area contributed by atoms with Crippen LogP contribution < -0.4 is 10.1 Å². The summed E-state index contributed by atoms with van der Waals surface area (Å²) in [5.41, 5.74) is 3.73. The number of pyridine rings is 1. The Bertz CT molecular complexity index is 1060. The molecule has 172 valence electrons. The van der Waals surface area contributed by atoms with Crippen molar-refractivity contribution in [2.24, 2.45) is 0 Å². The lowest BCUT2D eigenvalue weighted by Crippen LogP contribution is -2.40. The molecule has 1 aliphatic heterocycles. The van der Waals surface area contributed by atoms with E-state index in [1.165, 1.54) is 0 Å². The number of nitrogens with zero attached hydrogens (tertiary/aromatic N) is 2. The number of benzene rings is 1. The third-order valence-electron chi connectivity index (χ3n) is 5.57. The molecule has 1 aromatic carbocycles. The van der Waals surface area contributed by atoms with Gasteiger partial charge in [0.1, 0.15) is 0 Å². The average molecular weight is 443 g/mol. The molecule has 2 aromatic heterocycles. The second kappa shape index (κ2) is 10.7. The zero-order valence-electron chi connectivity index (χ0n) is 18.6. The Morgan fingerprint density at radius 3 is 2.88 bits per heavy atom. The van der Waals surface area contributed by atoms with Gasteiger partial charge in [0.05, 0.1) is 43.7 Å². The first kappa shape index (κ1) is 22.5. The third-order valence-corrected chi connectivity index (χ3v) is 5.57. The van der Waals surface area contributed by atoms with Crippen LogP contribution in [0, 0.1) is 0 Å². The smallest absolute Gasteiger partial charge is 0.434 e. The van der Waals surface area contributed by atoms with E-state index in [0.717, 1.165) is 73.3 Å². The first-order valence-electron chi connectivity index (χ1n) is 11.0. The van der Waals surface area contributed by atoms with Crippen molar-refractivity contribution in [3.8, 4) is 5.88 Å². The van der Waals surface area contributed by atoms with Gasteiger partial charge in [-0.15, -0.1) is 0 Å². The molecular weight excluding hydrogens is 412 g/mol. The molecule has 0 radical (unpaired) electrons. The van der Waals surface area contributed by atoms with Crippen LogP contribution in [0.2, 0.25) is 0 Å². The van der Waals surface area contributed by atoms with E-state index in [1.54, 1.807) is 20.2 Å². The van der Waals surface area contributed by atoms with Crippen LogP contribution in [0.15, 0.2) is 24.4 Å². The molecule has 1 saturated heterocycles. The quantitative estimate of drug-likeness (QED) is 0.386. The van der Waals surface area contributed by atoms with E-state index in [1.807, 2.05) is 12.1 Å².